The standard InChI is InChI=1S/C26H25N5OS/c1-3-17(2)18-6-8-19(9-7-18)24(23-5-4-14-33-23)30-26(32)20-10-12-22(13-11-20)31-25(28)21(15-27)16-29-31/h4-14,16-17,24H,3,28H2,1-2H3,(H,30,32). The molecule has 166 valence electrons. The fourth-order valence-corrected chi connectivity index (χ4v) is 4.45. The third-order valence-electron chi connectivity index (χ3n) is 5.86. The molecule has 0 aliphatic rings. The highest BCUT2D eigenvalue weighted by atomic mass is 32.1. The van der Waals surface area contributed by atoms with E-state index in [1.807, 2.05) is 23.6 Å². The molecule has 0 aliphatic carbocycles. The van der Waals surface area contributed by atoms with Crippen LogP contribution in [0.3, 0.4) is 0 Å². The summed E-state index contributed by atoms with van der Waals surface area (Å²) in [6, 6.07) is 21.3. The number of nitrogen functional groups attached to an aromatic ring is 1. The first kappa shape index (κ1) is 22.3. The maximum Gasteiger partial charge on any atom is 0.252 e. The first-order chi connectivity index (χ1) is 16.0. The Morgan fingerprint density at radius 2 is 1.85 bits per heavy atom. The van der Waals surface area contributed by atoms with Crippen molar-refractivity contribution in [3.8, 4) is 11.8 Å². The van der Waals surface area contributed by atoms with E-state index in [-0.39, 0.29) is 17.8 Å². The Balaban J connectivity index is 1.56. The summed E-state index contributed by atoms with van der Waals surface area (Å²) in [5.74, 6) is 0.603. The SMILES string of the molecule is CCC(C)c1ccc(C(NC(=O)c2ccc(-n3ncc(C#N)c3N)cc2)c2cccs2)cc1. The van der Waals surface area contributed by atoms with Gasteiger partial charge >= 0.3 is 0 Å². The lowest BCUT2D eigenvalue weighted by molar-refractivity contribution is 0.0943. The summed E-state index contributed by atoms with van der Waals surface area (Å²) in [5, 5.41) is 18.4. The van der Waals surface area contributed by atoms with Crippen LogP contribution in [-0.2, 0) is 0 Å². The zero-order valence-corrected chi connectivity index (χ0v) is 19.3. The molecule has 2 aromatic carbocycles. The number of nitrogens with zero attached hydrogens (tertiary/aromatic N) is 3. The zero-order valence-electron chi connectivity index (χ0n) is 18.5. The number of hydrogen-bond donors (Lipinski definition) is 2. The number of nitrogens with one attached hydrogen (secondary N) is 1. The summed E-state index contributed by atoms with van der Waals surface area (Å²) in [6.45, 7) is 4.40. The fourth-order valence-electron chi connectivity index (χ4n) is 3.65. The Kier molecular flexibility index (Phi) is 6.57. The molecule has 0 aliphatic heterocycles. The smallest absolute Gasteiger partial charge is 0.252 e. The van der Waals surface area contributed by atoms with Crippen LogP contribution in [0, 0.1) is 11.3 Å². The predicted octanol–water partition coefficient (Wildman–Crippen LogP) is 5.42. The Morgan fingerprint density at radius 3 is 2.42 bits per heavy atom. The molecule has 0 bridgehead atoms. The first-order valence-electron chi connectivity index (χ1n) is 10.8. The minimum absolute atomic E-state index is 0.169. The lowest BCUT2D eigenvalue weighted by Crippen LogP contribution is -2.28. The number of nitriles is 1. The molecule has 3 N–H and O–H groups in total. The van der Waals surface area contributed by atoms with Gasteiger partial charge in [-0.05, 0) is 59.2 Å². The van der Waals surface area contributed by atoms with Crippen LogP contribution in [-0.4, -0.2) is 15.7 Å². The van der Waals surface area contributed by atoms with Gasteiger partial charge in [-0.25, -0.2) is 4.68 Å². The van der Waals surface area contributed by atoms with Crippen LogP contribution in [0.4, 0.5) is 5.82 Å². The summed E-state index contributed by atoms with van der Waals surface area (Å²) < 4.78 is 1.48. The topological polar surface area (TPSA) is 96.7 Å². The number of nitrogens with two attached hydrogens (primary N) is 1. The van der Waals surface area contributed by atoms with Crippen LogP contribution >= 0.6 is 11.3 Å². The molecule has 0 fully saturated rings. The van der Waals surface area contributed by atoms with Crippen molar-refractivity contribution in [3.05, 3.63) is 99.4 Å². The number of amides is 1. The minimum Gasteiger partial charge on any atom is -0.382 e. The monoisotopic (exact) mass is 455 g/mol. The van der Waals surface area contributed by atoms with Crippen LogP contribution in [0.25, 0.3) is 5.69 Å². The number of benzene rings is 2. The maximum atomic E-state index is 13.1. The highest BCUT2D eigenvalue weighted by Gasteiger charge is 2.19. The average molecular weight is 456 g/mol. The lowest BCUT2D eigenvalue weighted by atomic mass is 9.95. The van der Waals surface area contributed by atoms with E-state index in [1.165, 1.54) is 16.4 Å². The van der Waals surface area contributed by atoms with Crippen LogP contribution in [0.1, 0.15) is 64.2 Å². The van der Waals surface area contributed by atoms with E-state index >= 15 is 0 Å². The molecule has 0 saturated carbocycles. The summed E-state index contributed by atoms with van der Waals surface area (Å²) in [4.78, 5) is 14.2. The second-order valence-electron chi connectivity index (χ2n) is 7.91. The van der Waals surface area contributed by atoms with Gasteiger partial charge in [-0.15, -0.1) is 11.3 Å². The summed E-state index contributed by atoms with van der Waals surface area (Å²) in [5.41, 5.74) is 9.83. The Morgan fingerprint density at radius 1 is 1.15 bits per heavy atom. The molecule has 4 aromatic rings. The van der Waals surface area contributed by atoms with E-state index in [0.717, 1.165) is 16.9 Å². The van der Waals surface area contributed by atoms with Crippen molar-refractivity contribution in [2.45, 2.75) is 32.2 Å². The quantitative estimate of drug-likeness (QED) is 0.389. The van der Waals surface area contributed by atoms with Gasteiger partial charge in [0.2, 0.25) is 0 Å². The van der Waals surface area contributed by atoms with Crippen molar-refractivity contribution in [2.24, 2.45) is 0 Å². The summed E-state index contributed by atoms with van der Waals surface area (Å²) in [6.07, 6.45) is 2.51. The summed E-state index contributed by atoms with van der Waals surface area (Å²) in [7, 11) is 0. The average Bonchev–Trinajstić information content (AvgIpc) is 3.52. The van der Waals surface area contributed by atoms with Crippen LogP contribution < -0.4 is 11.1 Å². The molecule has 7 heteroatoms. The Hall–Kier alpha value is -3.89. The maximum absolute atomic E-state index is 13.1. The first-order valence-corrected chi connectivity index (χ1v) is 11.7. The van der Waals surface area contributed by atoms with Crippen molar-refractivity contribution < 1.29 is 4.79 Å². The van der Waals surface area contributed by atoms with E-state index < -0.39 is 0 Å². The van der Waals surface area contributed by atoms with Gasteiger partial charge in [-0.1, -0.05) is 44.2 Å². The molecule has 2 atom stereocenters. The minimum atomic E-state index is -0.233. The van der Waals surface area contributed by atoms with Crippen molar-refractivity contribution in [1.82, 2.24) is 15.1 Å². The number of carbonyl (C=O) groups is 1. The largest absolute Gasteiger partial charge is 0.382 e. The highest BCUT2D eigenvalue weighted by Crippen LogP contribution is 2.28. The Labute approximate surface area is 197 Å². The molecule has 2 unspecified atom stereocenters. The molecule has 6 nitrogen and oxygen atoms in total. The van der Waals surface area contributed by atoms with E-state index in [2.05, 4.69) is 48.5 Å². The van der Waals surface area contributed by atoms with E-state index in [1.54, 1.807) is 35.6 Å². The third kappa shape index (κ3) is 4.66. The number of aromatic nitrogens is 2. The molecule has 0 saturated heterocycles. The molecule has 1 amide bonds. The van der Waals surface area contributed by atoms with Crippen molar-refractivity contribution in [3.63, 3.8) is 0 Å². The van der Waals surface area contributed by atoms with Crippen molar-refractivity contribution in [1.29, 1.82) is 5.26 Å². The van der Waals surface area contributed by atoms with Gasteiger partial charge in [-0.2, -0.15) is 10.4 Å². The van der Waals surface area contributed by atoms with Gasteiger partial charge in [0.05, 0.1) is 17.9 Å². The second kappa shape index (κ2) is 9.72. The summed E-state index contributed by atoms with van der Waals surface area (Å²) >= 11 is 1.62. The lowest BCUT2D eigenvalue weighted by Gasteiger charge is -2.19. The predicted molar refractivity (Wildman–Crippen MR) is 131 cm³/mol. The molecule has 0 radical (unpaired) electrons. The van der Waals surface area contributed by atoms with E-state index in [9.17, 15) is 4.79 Å². The molecule has 33 heavy (non-hydrogen) atoms. The third-order valence-corrected chi connectivity index (χ3v) is 6.79. The van der Waals surface area contributed by atoms with Gasteiger partial charge < -0.3 is 11.1 Å². The van der Waals surface area contributed by atoms with Crippen LogP contribution in [0.5, 0.6) is 0 Å². The van der Waals surface area contributed by atoms with Crippen molar-refractivity contribution in [2.75, 3.05) is 5.73 Å². The van der Waals surface area contributed by atoms with Crippen LogP contribution in [0.15, 0.2) is 72.2 Å². The number of hydrogen-bond acceptors (Lipinski definition) is 5. The van der Waals surface area contributed by atoms with E-state index in [4.69, 9.17) is 11.0 Å². The molecule has 0 spiro atoms. The molecular formula is C26H25N5OS. The highest BCUT2D eigenvalue weighted by molar-refractivity contribution is 7.10. The van der Waals surface area contributed by atoms with Gasteiger partial charge in [0.25, 0.3) is 5.91 Å². The van der Waals surface area contributed by atoms with Crippen molar-refractivity contribution >= 4 is 23.1 Å². The number of carbonyl (C=O) groups excluding carboxylic acids is 1. The Bertz CT molecular complexity index is 1270. The molecule has 2 aromatic heterocycles. The molecule has 2 heterocycles. The van der Waals surface area contributed by atoms with Gasteiger partial charge in [0.15, 0.2) is 0 Å². The van der Waals surface area contributed by atoms with E-state index in [0.29, 0.717) is 22.7 Å². The van der Waals surface area contributed by atoms with Gasteiger partial charge in [0.1, 0.15) is 17.5 Å². The molecule has 4 rings (SSSR count). The zero-order chi connectivity index (χ0) is 23.4. The number of anilines is 1. The second-order valence-corrected chi connectivity index (χ2v) is 8.89. The normalized spacial score (nSPS) is 12.6. The fraction of sp³-hybridized carbons (Fsp3) is 0.192. The van der Waals surface area contributed by atoms with Gasteiger partial charge in [0, 0.05) is 10.4 Å². The van der Waals surface area contributed by atoms with Gasteiger partial charge in [-0.3, -0.25) is 4.79 Å². The number of rotatable bonds is 7. The molecular weight excluding hydrogens is 430 g/mol. The number of thiophene rings is 1. The van der Waals surface area contributed by atoms with Crippen LogP contribution in [0.2, 0.25) is 0 Å².